The summed E-state index contributed by atoms with van der Waals surface area (Å²) in [5, 5.41) is 8.89. The molecule has 0 aliphatic heterocycles. The van der Waals surface area contributed by atoms with Crippen LogP contribution in [0, 0.1) is 19.8 Å². The summed E-state index contributed by atoms with van der Waals surface area (Å²) in [6, 6.07) is 3.53. The van der Waals surface area contributed by atoms with Crippen molar-refractivity contribution in [2.24, 2.45) is 5.92 Å². The number of ether oxygens (including phenoxy) is 1. The molecular formula is C14H19NO4. The van der Waals surface area contributed by atoms with Gasteiger partial charge in [0.2, 0.25) is 5.91 Å². The van der Waals surface area contributed by atoms with Crippen LogP contribution in [0.2, 0.25) is 0 Å². The van der Waals surface area contributed by atoms with Crippen LogP contribution in [0.5, 0.6) is 5.75 Å². The SMILES string of the molecule is COc1ccc(N(C)C(=O)C(C)C(=O)O)c(C)c1C. The van der Waals surface area contributed by atoms with Crippen molar-refractivity contribution in [3.63, 3.8) is 0 Å². The molecule has 0 aliphatic rings. The van der Waals surface area contributed by atoms with Crippen LogP contribution < -0.4 is 9.64 Å². The van der Waals surface area contributed by atoms with Gasteiger partial charge in [0.25, 0.3) is 0 Å². The van der Waals surface area contributed by atoms with Gasteiger partial charge in [0.05, 0.1) is 7.11 Å². The molecule has 0 radical (unpaired) electrons. The molecule has 1 rings (SSSR count). The third-order valence-electron chi connectivity index (χ3n) is 3.36. The largest absolute Gasteiger partial charge is 0.496 e. The Morgan fingerprint density at radius 2 is 1.84 bits per heavy atom. The first-order valence-electron chi connectivity index (χ1n) is 5.95. The minimum absolute atomic E-state index is 0.444. The number of carboxylic acid groups (broad SMARTS) is 1. The number of carbonyl (C=O) groups excluding carboxylic acids is 1. The maximum atomic E-state index is 12.0. The van der Waals surface area contributed by atoms with Gasteiger partial charge in [0.15, 0.2) is 0 Å². The van der Waals surface area contributed by atoms with E-state index in [2.05, 4.69) is 0 Å². The molecule has 5 heteroatoms. The molecule has 0 heterocycles. The van der Waals surface area contributed by atoms with Crippen LogP contribution in [-0.4, -0.2) is 31.1 Å². The van der Waals surface area contributed by atoms with Gasteiger partial charge in [-0.05, 0) is 44.0 Å². The Balaban J connectivity index is 3.14. The Morgan fingerprint density at radius 1 is 1.26 bits per heavy atom. The Morgan fingerprint density at radius 3 is 2.32 bits per heavy atom. The molecule has 0 fully saturated rings. The molecule has 1 unspecified atom stereocenters. The van der Waals surface area contributed by atoms with Crippen LogP contribution in [-0.2, 0) is 9.59 Å². The van der Waals surface area contributed by atoms with Crippen molar-refractivity contribution >= 4 is 17.6 Å². The zero-order valence-corrected chi connectivity index (χ0v) is 11.9. The van der Waals surface area contributed by atoms with Gasteiger partial charge in [-0.25, -0.2) is 0 Å². The Labute approximate surface area is 112 Å². The summed E-state index contributed by atoms with van der Waals surface area (Å²) in [7, 11) is 3.17. The van der Waals surface area contributed by atoms with Crippen LogP contribution in [0.1, 0.15) is 18.1 Å². The summed E-state index contributed by atoms with van der Waals surface area (Å²) in [6.45, 7) is 5.16. The van der Waals surface area contributed by atoms with Crippen molar-refractivity contribution in [2.75, 3.05) is 19.1 Å². The standard InChI is InChI=1S/C14H19NO4/c1-8-9(2)12(19-5)7-6-11(8)15(4)13(16)10(3)14(17)18/h6-7,10H,1-5H3,(H,17,18). The summed E-state index contributed by atoms with van der Waals surface area (Å²) in [4.78, 5) is 24.3. The number of benzene rings is 1. The quantitative estimate of drug-likeness (QED) is 0.845. The first kappa shape index (κ1) is 15.0. The van der Waals surface area contributed by atoms with E-state index in [1.165, 1.54) is 11.8 Å². The van der Waals surface area contributed by atoms with Crippen LogP contribution in [0.4, 0.5) is 5.69 Å². The number of aliphatic carboxylic acids is 1. The van der Waals surface area contributed by atoms with Crippen molar-refractivity contribution in [3.05, 3.63) is 23.3 Å². The average molecular weight is 265 g/mol. The number of nitrogens with zero attached hydrogens (tertiary/aromatic N) is 1. The van der Waals surface area contributed by atoms with Crippen LogP contribution >= 0.6 is 0 Å². The second-order valence-electron chi connectivity index (χ2n) is 4.49. The first-order chi connectivity index (χ1) is 8.81. The van der Waals surface area contributed by atoms with Gasteiger partial charge in [-0.1, -0.05) is 0 Å². The number of methoxy groups -OCH3 is 1. The molecule has 1 aromatic rings. The van der Waals surface area contributed by atoms with E-state index in [0.29, 0.717) is 5.69 Å². The summed E-state index contributed by atoms with van der Waals surface area (Å²) in [5.74, 6) is -1.89. The summed E-state index contributed by atoms with van der Waals surface area (Å²) in [5.41, 5.74) is 2.52. The minimum atomic E-state index is -1.13. The smallest absolute Gasteiger partial charge is 0.315 e. The van der Waals surface area contributed by atoms with Gasteiger partial charge in [-0.2, -0.15) is 0 Å². The number of carboxylic acids is 1. The van der Waals surface area contributed by atoms with Gasteiger partial charge >= 0.3 is 5.97 Å². The molecule has 0 saturated heterocycles. The Kier molecular flexibility index (Phi) is 4.53. The summed E-state index contributed by atoms with van der Waals surface area (Å²) < 4.78 is 5.21. The van der Waals surface area contributed by atoms with Crippen LogP contribution in [0.3, 0.4) is 0 Å². The van der Waals surface area contributed by atoms with Gasteiger partial charge < -0.3 is 14.7 Å². The van der Waals surface area contributed by atoms with E-state index < -0.39 is 17.8 Å². The lowest BCUT2D eigenvalue weighted by Crippen LogP contribution is -2.35. The van der Waals surface area contributed by atoms with E-state index in [9.17, 15) is 9.59 Å². The van der Waals surface area contributed by atoms with E-state index in [1.807, 2.05) is 13.8 Å². The minimum Gasteiger partial charge on any atom is -0.496 e. The average Bonchev–Trinajstić information content (AvgIpc) is 2.39. The van der Waals surface area contributed by atoms with Crippen molar-refractivity contribution in [2.45, 2.75) is 20.8 Å². The lowest BCUT2D eigenvalue weighted by Gasteiger charge is -2.23. The normalized spacial score (nSPS) is 11.8. The highest BCUT2D eigenvalue weighted by Crippen LogP contribution is 2.29. The lowest BCUT2D eigenvalue weighted by molar-refractivity contribution is -0.145. The Hall–Kier alpha value is -2.04. The van der Waals surface area contributed by atoms with Gasteiger partial charge in [-0.3, -0.25) is 9.59 Å². The molecule has 0 aromatic heterocycles. The highest BCUT2D eigenvalue weighted by molar-refractivity contribution is 6.05. The predicted molar refractivity (Wildman–Crippen MR) is 72.7 cm³/mol. The monoisotopic (exact) mass is 265 g/mol. The van der Waals surface area contributed by atoms with Crippen molar-refractivity contribution in [1.82, 2.24) is 0 Å². The first-order valence-corrected chi connectivity index (χ1v) is 5.95. The highest BCUT2D eigenvalue weighted by Gasteiger charge is 2.26. The molecule has 104 valence electrons. The number of anilines is 1. The van der Waals surface area contributed by atoms with E-state index in [1.54, 1.807) is 26.3 Å². The van der Waals surface area contributed by atoms with E-state index in [0.717, 1.165) is 16.9 Å². The van der Waals surface area contributed by atoms with Gasteiger partial charge in [-0.15, -0.1) is 0 Å². The topological polar surface area (TPSA) is 66.8 Å². The van der Waals surface area contributed by atoms with E-state index >= 15 is 0 Å². The maximum Gasteiger partial charge on any atom is 0.315 e. The summed E-state index contributed by atoms with van der Waals surface area (Å²) in [6.07, 6.45) is 0. The molecule has 1 amide bonds. The fourth-order valence-electron chi connectivity index (χ4n) is 1.88. The molecule has 1 aromatic carbocycles. The number of rotatable bonds is 4. The van der Waals surface area contributed by atoms with Crippen molar-refractivity contribution in [3.8, 4) is 5.75 Å². The highest BCUT2D eigenvalue weighted by atomic mass is 16.5. The zero-order valence-electron chi connectivity index (χ0n) is 11.9. The number of amides is 1. The van der Waals surface area contributed by atoms with Crippen LogP contribution in [0.25, 0.3) is 0 Å². The predicted octanol–water partition coefficient (Wildman–Crippen LogP) is 2.00. The molecule has 0 spiro atoms. The third kappa shape index (κ3) is 2.86. The fourth-order valence-corrected chi connectivity index (χ4v) is 1.88. The van der Waals surface area contributed by atoms with Gasteiger partial charge in [0.1, 0.15) is 11.7 Å². The number of hydrogen-bond acceptors (Lipinski definition) is 3. The van der Waals surface area contributed by atoms with E-state index in [4.69, 9.17) is 9.84 Å². The zero-order chi connectivity index (χ0) is 14.7. The maximum absolute atomic E-state index is 12.0. The molecule has 0 saturated carbocycles. The molecule has 0 bridgehead atoms. The number of hydrogen-bond donors (Lipinski definition) is 1. The Bertz CT molecular complexity index is 510. The van der Waals surface area contributed by atoms with Crippen molar-refractivity contribution < 1.29 is 19.4 Å². The summed E-state index contributed by atoms with van der Waals surface area (Å²) >= 11 is 0. The third-order valence-corrected chi connectivity index (χ3v) is 3.36. The molecule has 1 atom stereocenters. The van der Waals surface area contributed by atoms with E-state index in [-0.39, 0.29) is 0 Å². The second kappa shape index (κ2) is 5.73. The molecule has 5 nitrogen and oxygen atoms in total. The van der Waals surface area contributed by atoms with Crippen LogP contribution in [0.15, 0.2) is 12.1 Å². The molecular weight excluding hydrogens is 246 g/mol. The number of carbonyl (C=O) groups is 2. The molecule has 0 aliphatic carbocycles. The lowest BCUT2D eigenvalue weighted by atomic mass is 10.0. The van der Waals surface area contributed by atoms with Gasteiger partial charge in [0, 0.05) is 12.7 Å². The molecule has 19 heavy (non-hydrogen) atoms. The fraction of sp³-hybridized carbons (Fsp3) is 0.429. The molecule has 1 N–H and O–H groups in total. The second-order valence-corrected chi connectivity index (χ2v) is 4.49. The van der Waals surface area contributed by atoms with Crippen molar-refractivity contribution in [1.29, 1.82) is 0 Å².